The highest BCUT2D eigenvalue weighted by Gasteiger charge is 2.37. The van der Waals surface area contributed by atoms with Crippen molar-refractivity contribution >= 4 is 5.97 Å². The predicted molar refractivity (Wildman–Crippen MR) is 84.8 cm³/mol. The van der Waals surface area contributed by atoms with Crippen LogP contribution >= 0.6 is 0 Å². The molecule has 1 heterocycles. The Morgan fingerprint density at radius 1 is 1.24 bits per heavy atom. The van der Waals surface area contributed by atoms with E-state index in [1.165, 1.54) is 24.3 Å². The zero-order valence-corrected chi connectivity index (χ0v) is 13.3. The van der Waals surface area contributed by atoms with Gasteiger partial charge in [0.25, 0.3) is 0 Å². The average Bonchev–Trinajstić information content (AvgIpc) is 2.53. The summed E-state index contributed by atoms with van der Waals surface area (Å²) in [6.07, 6.45) is 0. The number of carbonyl (C=O) groups is 1. The number of rotatable bonds is 3. The van der Waals surface area contributed by atoms with Crippen LogP contribution in [-0.4, -0.2) is 17.7 Å². The summed E-state index contributed by atoms with van der Waals surface area (Å²) in [5.41, 5.74) is 6.23. The third-order valence-corrected chi connectivity index (χ3v) is 3.85. The number of nitrogens with two attached hydrogens (primary N) is 1. The average molecular weight is 347 g/mol. The van der Waals surface area contributed by atoms with E-state index in [4.69, 9.17) is 15.2 Å². The molecule has 0 unspecified atom stereocenters. The number of ether oxygens (including phenoxy) is 2. The molecule has 1 atom stereocenters. The van der Waals surface area contributed by atoms with Crippen molar-refractivity contribution in [2.75, 3.05) is 6.61 Å². The number of benzene rings is 2. The Bertz CT molecular complexity index is 879. The summed E-state index contributed by atoms with van der Waals surface area (Å²) in [4.78, 5) is 12.4. The molecule has 25 heavy (non-hydrogen) atoms. The molecule has 3 rings (SSSR count). The topological polar surface area (TPSA) is 81.8 Å². The number of fused-ring (bicyclic) bond motifs is 1. The largest absolute Gasteiger partial charge is 0.508 e. The lowest BCUT2D eigenvalue weighted by Gasteiger charge is -2.28. The molecule has 0 radical (unpaired) electrons. The van der Waals surface area contributed by atoms with Crippen LogP contribution < -0.4 is 10.5 Å². The van der Waals surface area contributed by atoms with Crippen LogP contribution in [0.25, 0.3) is 0 Å². The summed E-state index contributed by atoms with van der Waals surface area (Å²) in [6.45, 7) is 1.72. The lowest BCUT2D eigenvalue weighted by Crippen LogP contribution is -2.27. The lowest BCUT2D eigenvalue weighted by molar-refractivity contribution is -0.139. The standard InChI is InChI=1S/C18H15F2NO4/c1-2-24-18(23)16-15(11-5-3-9(19)7-13(11)20)12-6-4-10(22)8-14(12)25-17(16)21/h3-8,15,22H,2,21H2,1H3/t15-/m0/s1. The lowest BCUT2D eigenvalue weighted by atomic mass is 9.82. The minimum Gasteiger partial charge on any atom is -0.508 e. The van der Waals surface area contributed by atoms with Crippen molar-refractivity contribution in [1.29, 1.82) is 0 Å². The number of aromatic hydroxyl groups is 1. The van der Waals surface area contributed by atoms with Crippen molar-refractivity contribution in [2.24, 2.45) is 5.73 Å². The maximum atomic E-state index is 14.4. The zero-order valence-electron chi connectivity index (χ0n) is 13.3. The summed E-state index contributed by atoms with van der Waals surface area (Å²) in [7, 11) is 0. The molecule has 2 aromatic carbocycles. The number of phenols is 1. The minimum absolute atomic E-state index is 0.0441. The molecule has 0 aliphatic carbocycles. The Kier molecular flexibility index (Phi) is 4.31. The number of hydrogen-bond donors (Lipinski definition) is 2. The Balaban J connectivity index is 2.23. The molecule has 1 aliphatic heterocycles. The second-order valence-corrected chi connectivity index (χ2v) is 5.42. The third-order valence-electron chi connectivity index (χ3n) is 3.85. The van der Waals surface area contributed by atoms with Crippen molar-refractivity contribution in [3.05, 3.63) is 70.6 Å². The molecule has 0 bridgehead atoms. The molecule has 0 fully saturated rings. The molecule has 0 saturated carbocycles. The zero-order chi connectivity index (χ0) is 18.1. The highest BCUT2D eigenvalue weighted by atomic mass is 19.1. The quantitative estimate of drug-likeness (QED) is 0.835. The smallest absolute Gasteiger partial charge is 0.340 e. The van der Waals surface area contributed by atoms with Gasteiger partial charge in [0.05, 0.1) is 12.5 Å². The fraction of sp³-hybridized carbons (Fsp3) is 0.167. The van der Waals surface area contributed by atoms with Gasteiger partial charge in [-0.25, -0.2) is 13.6 Å². The normalized spacial score (nSPS) is 16.2. The van der Waals surface area contributed by atoms with E-state index < -0.39 is 23.5 Å². The first kappa shape index (κ1) is 16.8. The second-order valence-electron chi connectivity index (χ2n) is 5.42. The van der Waals surface area contributed by atoms with Crippen LogP contribution in [0.5, 0.6) is 11.5 Å². The summed E-state index contributed by atoms with van der Waals surface area (Å²) in [6, 6.07) is 7.23. The van der Waals surface area contributed by atoms with Crippen molar-refractivity contribution in [1.82, 2.24) is 0 Å². The molecule has 0 amide bonds. The maximum Gasteiger partial charge on any atom is 0.340 e. The highest BCUT2D eigenvalue weighted by molar-refractivity contribution is 5.92. The van der Waals surface area contributed by atoms with Crippen molar-refractivity contribution < 1.29 is 28.2 Å². The van der Waals surface area contributed by atoms with Gasteiger partial charge in [-0.2, -0.15) is 0 Å². The van der Waals surface area contributed by atoms with E-state index in [1.54, 1.807) is 6.92 Å². The third kappa shape index (κ3) is 3.00. The van der Waals surface area contributed by atoms with Gasteiger partial charge in [-0.1, -0.05) is 12.1 Å². The predicted octanol–water partition coefficient (Wildman–Crippen LogP) is 2.93. The Morgan fingerprint density at radius 2 is 1.96 bits per heavy atom. The first-order valence-corrected chi connectivity index (χ1v) is 7.54. The molecule has 2 aromatic rings. The molecular formula is C18H15F2NO4. The fourth-order valence-electron chi connectivity index (χ4n) is 2.81. The van der Waals surface area contributed by atoms with Crippen molar-refractivity contribution in [2.45, 2.75) is 12.8 Å². The van der Waals surface area contributed by atoms with Crippen molar-refractivity contribution in [3.8, 4) is 11.5 Å². The van der Waals surface area contributed by atoms with E-state index in [0.717, 1.165) is 12.1 Å². The van der Waals surface area contributed by atoms with Crippen LogP contribution in [0, 0.1) is 11.6 Å². The summed E-state index contributed by atoms with van der Waals surface area (Å²) < 4.78 is 38.1. The molecule has 0 spiro atoms. The van der Waals surface area contributed by atoms with Crippen LogP contribution in [0.15, 0.2) is 47.9 Å². The van der Waals surface area contributed by atoms with Gasteiger partial charge in [0.2, 0.25) is 5.88 Å². The summed E-state index contributed by atoms with van der Waals surface area (Å²) in [5, 5.41) is 9.63. The molecular weight excluding hydrogens is 332 g/mol. The van der Waals surface area contributed by atoms with Gasteiger partial charge in [-0.15, -0.1) is 0 Å². The molecule has 7 heteroatoms. The number of carbonyl (C=O) groups excluding carboxylic acids is 1. The van der Waals surface area contributed by atoms with Gasteiger partial charge in [0.1, 0.15) is 28.7 Å². The van der Waals surface area contributed by atoms with E-state index in [-0.39, 0.29) is 35.1 Å². The van der Waals surface area contributed by atoms with E-state index in [1.807, 2.05) is 0 Å². The first-order chi connectivity index (χ1) is 11.9. The van der Waals surface area contributed by atoms with Crippen LogP contribution in [0.2, 0.25) is 0 Å². The Hall–Kier alpha value is -3.09. The number of phenolic OH excluding ortho intramolecular Hbond substituents is 1. The van der Waals surface area contributed by atoms with Gasteiger partial charge < -0.3 is 20.3 Å². The molecule has 3 N–H and O–H groups in total. The van der Waals surface area contributed by atoms with Crippen LogP contribution in [0.3, 0.4) is 0 Å². The number of hydrogen-bond acceptors (Lipinski definition) is 5. The van der Waals surface area contributed by atoms with Gasteiger partial charge in [0.15, 0.2) is 0 Å². The van der Waals surface area contributed by atoms with E-state index >= 15 is 0 Å². The van der Waals surface area contributed by atoms with E-state index in [9.17, 15) is 18.7 Å². The van der Waals surface area contributed by atoms with Gasteiger partial charge in [0, 0.05) is 23.3 Å². The Labute approximate surface area is 142 Å². The van der Waals surface area contributed by atoms with E-state index in [0.29, 0.717) is 5.56 Å². The van der Waals surface area contributed by atoms with Crippen LogP contribution in [0.4, 0.5) is 8.78 Å². The van der Waals surface area contributed by atoms with Crippen LogP contribution in [-0.2, 0) is 9.53 Å². The van der Waals surface area contributed by atoms with E-state index in [2.05, 4.69) is 0 Å². The van der Waals surface area contributed by atoms with Crippen molar-refractivity contribution in [3.63, 3.8) is 0 Å². The highest BCUT2D eigenvalue weighted by Crippen LogP contribution is 2.44. The minimum atomic E-state index is -0.955. The molecule has 0 saturated heterocycles. The number of halogens is 2. The maximum absolute atomic E-state index is 14.4. The SMILES string of the molecule is CCOC(=O)C1=C(N)Oc2cc(O)ccc2[C@@H]1c1ccc(F)cc1F. The first-order valence-electron chi connectivity index (χ1n) is 7.54. The van der Waals surface area contributed by atoms with Gasteiger partial charge in [-0.3, -0.25) is 0 Å². The van der Waals surface area contributed by atoms with Gasteiger partial charge >= 0.3 is 5.97 Å². The van der Waals surface area contributed by atoms with Crippen LogP contribution in [0.1, 0.15) is 24.0 Å². The molecule has 5 nitrogen and oxygen atoms in total. The molecule has 1 aliphatic rings. The fourth-order valence-corrected chi connectivity index (χ4v) is 2.81. The number of esters is 1. The second kappa shape index (κ2) is 6.43. The Morgan fingerprint density at radius 3 is 2.64 bits per heavy atom. The monoisotopic (exact) mass is 347 g/mol. The summed E-state index contributed by atoms with van der Waals surface area (Å²) >= 11 is 0. The molecule has 130 valence electrons. The summed E-state index contributed by atoms with van der Waals surface area (Å²) in [5.74, 6) is -3.44. The van der Waals surface area contributed by atoms with Gasteiger partial charge in [-0.05, 0) is 19.1 Å². The molecule has 0 aromatic heterocycles.